The van der Waals surface area contributed by atoms with Crippen LogP contribution in [0.5, 0.6) is 0 Å². The zero-order chi connectivity index (χ0) is 22.2. The standard InChI is InChI=1S/C25H42N6O.HI/c1-20-18-31(14-15-32-20)24-16-22(8-11-27-24)17-28-25(26-2)29-23-9-12-30(13-10-23)19-21-6-4-3-5-7-21;/h8,11,16,20-21,23H,3-7,9-10,12-15,17-19H2,1-2H3,(H2,26,28,29);1H. The van der Waals surface area contributed by atoms with Crippen LogP contribution in [-0.4, -0.2) is 74.4 Å². The van der Waals surface area contributed by atoms with Crippen molar-refractivity contribution in [2.45, 2.75) is 70.6 Å². The van der Waals surface area contributed by atoms with Crippen molar-refractivity contribution >= 4 is 35.8 Å². The van der Waals surface area contributed by atoms with E-state index in [1.54, 1.807) is 0 Å². The van der Waals surface area contributed by atoms with Gasteiger partial charge in [-0.1, -0.05) is 19.3 Å². The number of aromatic nitrogens is 1. The summed E-state index contributed by atoms with van der Waals surface area (Å²) < 4.78 is 5.66. The minimum absolute atomic E-state index is 0. The van der Waals surface area contributed by atoms with Crippen LogP contribution in [0.4, 0.5) is 5.82 Å². The van der Waals surface area contributed by atoms with Gasteiger partial charge in [0.05, 0.1) is 12.7 Å². The van der Waals surface area contributed by atoms with Crippen molar-refractivity contribution in [3.8, 4) is 0 Å². The lowest BCUT2D eigenvalue weighted by Crippen LogP contribution is -2.49. The zero-order valence-corrected chi connectivity index (χ0v) is 22.8. The molecule has 0 bridgehead atoms. The van der Waals surface area contributed by atoms with Crippen molar-refractivity contribution in [3.63, 3.8) is 0 Å². The Morgan fingerprint density at radius 2 is 1.94 bits per heavy atom. The maximum atomic E-state index is 5.66. The number of nitrogens with zero attached hydrogens (tertiary/aromatic N) is 4. The Bertz CT molecular complexity index is 733. The average Bonchev–Trinajstić information content (AvgIpc) is 2.84. The quantitative estimate of drug-likeness (QED) is 0.310. The first-order chi connectivity index (χ1) is 15.7. The van der Waals surface area contributed by atoms with E-state index in [2.05, 4.69) is 49.5 Å². The van der Waals surface area contributed by atoms with E-state index in [1.165, 1.54) is 70.1 Å². The van der Waals surface area contributed by atoms with E-state index in [4.69, 9.17) is 4.74 Å². The van der Waals surface area contributed by atoms with Crippen LogP contribution >= 0.6 is 24.0 Å². The number of halogens is 1. The third-order valence-corrected chi connectivity index (χ3v) is 7.23. The Hall–Kier alpha value is -1.13. The first-order valence-electron chi connectivity index (χ1n) is 12.7. The molecule has 1 aromatic heterocycles. The van der Waals surface area contributed by atoms with E-state index in [0.717, 1.165) is 43.9 Å². The summed E-state index contributed by atoms with van der Waals surface area (Å²) in [5, 5.41) is 7.16. The number of likely N-dealkylation sites (tertiary alicyclic amines) is 1. The van der Waals surface area contributed by atoms with Crippen molar-refractivity contribution in [2.24, 2.45) is 10.9 Å². The number of ether oxygens (including phenoxy) is 1. The Morgan fingerprint density at radius 1 is 1.15 bits per heavy atom. The number of hydrogen-bond acceptors (Lipinski definition) is 5. The summed E-state index contributed by atoms with van der Waals surface area (Å²) in [5.74, 6) is 2.87. The molecule has 1 saturated carbocycles. The molecule has 33 heavy (non-hydrogen) atoms. The van der Waals surface area contributed by atoms with Crippen LogP contribution in [0.25, 0.3) is 0 Å². The van der Waals surface area contributed by atoms with E-state index in [9.17, 15) is 0 Å². The zero-order valence-electron chi connectivity index (χ0n) is 20.5. The van der Waals surface area contributed by atoms with Crippen molar-refractivity contribution < 1.29 is 4.74 Å². The van der Waals surface area contributed by atoms with Crippen LogP contribution in [0, 0.1) is 5.92 Å². The number of anilines is 1. The maximum absolute atomic E-state index is 5.66. The molecule has 3 aliphatic rings. The molecule has 3 heterocycles. The Kier molecular flexibility index (Phi) is 11.0. The van der Waals surface area contributed by atoms with Gasteiger partial charge < -0.3 is 25.2 Å². The summed E-state index contributed by atoms with van der Waals surface area (Å²) in [4.78, 5) is 14.1. The molecule has 1 atom stereocenters. The Morgan fingerprint density at radius 3 is 2.67 bits per heavy atom. The lowest BCUT2D eigenvalue weighted by molar-refractivity contribution is 0.0529. The highest BCUT2D eigenvalue weighted by Gasteiger charge is 2.23. The molecule has 2 saturated heterocycles. The normalized spacial score (nSPS) is 23.8. The predicted molar refractivity (Wildman–Crippen MR) is 147 cm³/mol. The molecule has 2 N–H and O–H groups in total. The molecule has 7 nitrogen and oxygen atoms in total. The van der Waals surface area contributed by atoms with Crippen molar-refractivity contribution in [3.05, 3.63) is 23.9 Å². The first-order valence-corrected chi connectivity index (χ1v) is 12.7. The second kappa shape index (κ2) is 13.7. The van der Waals surface area contributed by atoms with E-state index in [0.29, 0.717) is 6.04 Å². The summed E-state index contributed by atoms with van der Waals surface area (Å²) in [7, 11) is 1.86. The molecule has 3 fully saturated rings. The smallest absolute Gasteiger partial charge is 0.191 e. The topological polar surface area (TPSA) is 65.0 Å². The highest BCUT2D eigenvalue weighted by Crippen LogP contribution is 2.25. The number of nitrogens with one attached hydrogen (secondary N) is 2. The number of piperidine rings is 1. The van der Waals surface area contributed by atoms with Crippen LogP contribution in [0.15, 0.2) is 23.3 Å². The number of hydrogen-bond donors (Lipinski definition) is 2. The van der Waals surface area contributed by atoms with Crippen LogP contribution in [0.1, 0.15) is 57.4 Å². The number of morpholine rings is 1. The summed E-state index contributed by atoms with van der Waals surface area (Å²) in [6.07, 6.45) is 11.8. The lowest BCUT2D eigenvalue weighted by Gasteiger charge is -2.36. The molecular formula is C25H43IN6O. The Balaban J connectivity index is 0.00000306. The van der Waals surface area contributed by atoms with Gasteiger partial charge in [-0.2, -0.15) is 0 Å². The number of aliphatic imine (C=N–C) groups is 1. The van der Waals surface area contributed by atoms with E-state index < -0.39 is 0 Å². The van der Waals surface area contributed by atoms with Gasteiger partial charge in [-0.05, 0) is 56.2 Å². The fourth-order valence-corrected chi connectivity index (χ4v) is 5.34. The molecule has 186 valence electrons. The molecule has 2 aliphatic heterocycles. The molecule has 1 aliphatic carbocycles. The van der Waals surface area contributed by atoms with Crippen molar-refractivity contribution in [1.82, 2.24) is 20.5 Å². The van der Waals surface area contributed by atoms with Gasteiger partial charge in [-0.3, -0.25) is 4.99 Å². The Labute approximate surface area is 217 Å². The summed E-state index contributed by atoms with van der Waals surface area (Å²) >= 11 is 0. The molecule has 1 aromatic rings. The van der Waals surface area contributed by atoms with E-state index in [-0.39, 0.29) is 30.1 Å². The van der Waals surface area contributed by atoms with Crippen LogP contribution in [-0.2, 0) is 11.3 Å². The molecule has 0 radical (unpaired) electrons. The second-order valence-corrected chi connectivity index (χ2v) is 9.80. The van der Waals surface area contributed by atoms with Gasteiger partial charge in [0, 0.05) is 58.6 Å². The molecular weight excluding hydrogens is 527 g/mol. The fraction of sp³-hybridized carbons (Fsp3) is 0.760. The number of pyridine rings is 1. The van der Waals surface area contributed by atoms with Gasteiger partial charge in [-0.15, -0.1) is 24.0 Å². The first kappa shape index (κ1) is 26.5. The van der Waals surface area contributed by atoms with Crippen molar-refractivity contribution in [2.75, 3.05) is 51.3 Å². The van der Waals surface area contributed by atoms with Crippen LogP contribution in [0.3, 0.4) is 0 Å². The minimum atomic E-state index is 0. The van der Waals surface area contributed by atoms with Gasteiger partial charge in [0.1, 0.15) is 5.82 Å². The largest absolute Gasteiger partial charge is 0.375 e. The maximum Gasteiger partial charge on any atom is 0.191 e. The van der Waals surface area contributed by atoms with Crippen molar-refractivity contribution in [1.29, 1.82) is 0 Å². The van der Waals surface area contributed by atoms with Gasteiger partial charge in [0.2, 0.25) is 0 Å². The summed E-state index contributed by atoms with van der Waals surface area (Å²) in [6.45, 7) is 9.15. The second-order valence-electron chi connectivity index (χ2n) is 9.80. The summed E-state index contributed by atoms with van der Waals surface area (Å²) in [5.41, 5.74) is 1.22. The summed E-state index contributed by atoms with van der Waals surface area (Å²) in [6, 6.07) is 4.77. The average molecular weight is 571 g/mol. The third-order valence-electron chi connectivity index (χ3n) is 7.23. The monoisotopic (exact) mass is 570 g/mol. The highest BCUT2D eigenvalue weighted by molar-refractivity contribution is 14.0. The van der Waals surface area contributed by atoms with Gasteiger partial charge in [0.25, 0.3) is 0 Å². The molecule has 8 heteroatoms. The SMILES string of the molecule is CN=C(NCc1ccnc(N2CCOC(C)C2)c1)NC1CCN(CC2CCCCC2)CC1.I. The molecule has 4 rings (SSSR count). The predicted octanol–water partition coefficient (Wildman–Crippen LogP) is 3.63. The number of rotatable bonds is 6. The molecule has 0 aromatic carbocycles. The number of guanidine groups is 1. The highest BCUT2D eigenvalue weighted by atomic mass is 127. The fourth-order valence-electron chi connectivity index (χ4n) is 5.34. The van der Waals surface area contributed by atoms with Crippen LogP contribution < -0.4 is 15.5 Å². The molecule has 0 spiro atoms. The molecule has 0 amide bonds. The van der Waals surface area contributed by atoms with Crippen LogP contribution in [0.2, 0.25) is 0 Å². The van der Waals surface area contributed by atoms with Gasteiger partial charge >= 0.3 is 0 Å². The molecule has 1 unspecified atom stereocenters. The van der Waals surface area contributed by atoms with Gasteiger partial charge in [-0.25, -0.2) is 4.98 Å². The minimum Gasteiger partial charge on any atom is -0.375 e. The third kappa shape index (κ3) is 8.24. The van der Waals surface area contributed by atoms with E-state index in [1.807, 2.05) is 13.2 Å². The van der Waals surface area contributed by atoms with E-state index >= 15 is 0 Å². The lowest BCUT2D eigenvalue weighted by atomic mass is 9.88. The van der Waals surface area contributed by atoms with Gasteiger partial charge in [0.15, 0.2) is 5.96 Å².